The maximum atomic E-state index is 2.40. The molecule has 0 fully saturated rings. The van der Waals surface area contributed by atoms with Crippen molar-refractivity contribution in [3.05, 3.63) is 227 Å². The van der Waals surface area contributed by atoms with Gasteiger partial charge in [0.2, 0.25) is 0 Å². The molecule has 0 amide bonds. The minimum atomic E-state index is -3.01. The summed E-state index contributed by atoms with van der Waals surface area (Å²) in [6.07, 6.45) is 0. The van der Waals surface area contributed by atoms with Crippen LogP contribution in [0.2, 0.25) is 0 Å². The van der Waals surface area contributed by atoms with Gasteiger partial charge >= 0.3 is 0 Å². The number of allylic oxidation sites excluding steroid dienone is 2. The monoisotopic (exact) mass is 702 g/mol. The zero-order chi connectivity index (χ0) is 34.0. The molecule has 1 aliphatic heterocycles. The zero-order valence-electron chi connectivity index (χ0n) is 27.9. The van der Waals surface area contributed by atoms with Gasteiger partial charge in [-0.15, -0.1) is 22.7 Å². The minimum Gasteiger partial charge on any atom is -0.136 e. The Labute approximate surface area is 309 Å². The maximum absolute atomic E-state index is 3.01. The van der Waals surface area contributed by atoms with E-state index >= 15 is 0 Å². The molecule has 0 spiro atoms. The van der Waals surface area contributed by atoms with Gasteiger partial charge in [-0.1, -0.05) is 182 Å². The Morgan fingerprint density at radius 2 is 0.529 bits per heavy atom. The number of rotatable bonds is 8. The summed E-state index contributed by atoms with van der Waals surface area (Å²) in [5, 5.41) is 5.71. The molecule has 8 aromatic rings. The molecule has 9 rings (SSSR count). The Hall–Kier alpha value is -5.58. The van der Waals surface area contributed by atoms with E-state index in [1.165, 1.54) is 73.7 Å². The van der Waals surface area contributed by atoms with Crippen molar-refractivity contribution >= 4 is 62.7 Å². The van der Waals surface area contributed by atoms with Crippen molar-refractivity contribution in [1.29, 1.82) is 0 Å². The van der Waals surface area contributed by atoms with E-state index in [4.69, 9.17) is 0 Å². The van der Waals surface area contributed by atoms with E-state index in [0.717, 1.165) is 0 Å². The normalized spacial score (nSPS) is 13.9. The second-order valence-corrected chi connectivity index (χ2v) is 18.6. The molecule has 0 unspecified atom stereocenters. The smallest absolute Gasteiger partial charge is 0.136 e. The first-order valence-electron chi connectivity index (χ1n) is 17.4. The number of hydrogen-bond donors (Lipinski definition) is 0. The van der Waals surface area contributed by atoms with Gasteiger partial charge in [0.1, 0.15) is 0 Å². The lowest BCUT2D eigenvalue weighted by Crippen LogP contribution is -2.59. The van der Waals surface area contributed by atoms with Gasteiger partial charge in [0, 0.05) is 19.5 Å². The molecule has 3 heteroatoms. The predicted molar refractivity (Wildman–Crippen MR) is 224 cm³/mol. The van der Waals surface area contributed by atoms with E-state index in [1.807, 2.05) is 22.7 Å². The van der Waals surface area contributed by atoms with Crippen LogP contribution in [0, 0.1) is 0 Å². The fourth-order valence-electron chi connectivity index (χ4n) is 7.73. The highest BCUT2D eigenvalue weighted by molar-refractivity contribution is 7.34. The van der Waals surface area contributed by atoms with Crippen molar-refractivity contribution in [2.75, 3.05) is 0 Å². The van der Waals surface area contributed by atoms with Crippen LogP contribution in [-0.4, -0.2) is 8.07 Å². The highest BCUT2D eigenvalue weighted by atomic mass is 32.1. The third-order valence-electron chi connectivity index (χ3n) is 9.86. The SMILES string of the molecule is c1ccc(C2=C(c3ccc(-c4ccccc4)s3)[Si](c3ccccc3)(c3ccccc3)C(c3ccc(-c4ccccc4)s3)=C2c2ccccc2)cc1. The number of thiophene rings is 2. The first-order chi connectivity index (χ1) is 25.3. The molecular formula is C48H34S2Si. The van der Waals surface area contributed by atoms with E-state index in [-0.39, 0.29) is 0 Å². The highest BCUT2D eigenvalue weighted by Gasteiger charge is 2.54. The molecule has 0 aliphatic carbocycles. The van der Waals surface area contributed by atoms with Gasteiger partial charge in [-0.3, -0.25) is 0 Å². The minimum absolute atomic E-state index is 1.25. The molecule has 0 atom stereocenters. The predicted octanol–water partition coefficient (Wildman–Crippen LogP) is 12.0. The van der Waals surface area contributed by atoms with Gasteiger partial charge in [-0.25, -0.2) is 0 Å². The first-order valence-corrected chi connectivity index (χ1v) is 21.0. The van der Waals surface area contributed by atoms with Crippen LogP contribution in [0.25, 0.3) is 42.4 Å². The van der Waals surface area contributed by atoms with Crippen molar-refractivity contribution in [3.8, 4) is 20.9 Å². The Morgan fingerprint density at radius 3 is 0.863 bits per heavy atom. The third-order valence-corrected chi connectivity index (χ3v) is 17.5. The number of benzene rings is 6. The fraction of sp³-hybridized carbons (Fsp3) is 0. The van der Waals surface area contributed by atoms with Gasteiger partial charge in [0.05, 0.1) is 0 Å². The quantitative estimate of drug-likeness (QED) is 0.138. The van der Waals surface area contributed by atoms with Gasteiger partial charge < -0.3 is 0 Å². The van der Waals surface area contributed by atoms with Crippen LogP contribution in [0.15, 0.2) is 206 Å². The van der Waals surface area contributed by atoms with Crippen LogP contribution in [-0.2, 0) is 0 Å². The zero-order valence-corrected chi connectivity index (χ0v) is 30.6. The summed E-state index contributed by atoms with van der Waals surface area (Å²) < 4.78 is 0. The van der Waals surface area contributed by atoms with Crippen molar-refractivity contribution in [2.24, 2.45) is 0 Å². The van der Waals surface area contributed by atoms with E-state index in [9.17, 15) is 0 Å². The molecular weight excluding hydrogens is 669 g/mol. The Morgan fingerprint density at radius 1 is 0.255 bits per heavy atom. The molecule has 0 bridgehead atoms. The summed E-state index contributed by atoms with van der Waals surface area (Å²) in [4.78, 5) is 5.23. The lowest BCUT2D eigenvalue weighted by atomic mass is 9.91. The van der Waals surface area contributed by atoms with Crippen LogP contribution in [0.3, 0.4) is 0 Å². The summed E-state index contributed by atoms with van der Waals surface area (Å²) in [6.45, 7) is 0. The lowest BCUT2D eigenvalue weighted by molar-refractivity contribution is 1.60. The number of hydrogen-bond acceptors (Lipinski definition) is 2. The van der Waals surface area contributed by atoms with Gasteiger partial charge in [-0.05, 0) is 78.4 Å². The molecule has 51 heavy (non-hydrogen) atoms. The van der Waals surface area contributed by atoms with Crippen molar-refractivity contribution < 1.29 is 0 Å². The van der Waals surface area contributed by atoms with E-state index in [1.54, 1.807) is 0 Å². The van der Waals surface area contributed by atoms with Crippen molar-refractivity contribution in [2.45, 2.75) is 0 Å². The Balaban J connectivity index is 1.47. The molecule has 3 heterocycles. The standard InChI is InChI=1S/C48H34S2Si/c1-7-19-35(20-8-1)41-31-33-43(49-41)47-45(37-23-11-3-12-24-37)46(38-25-13-4-14-26-38)48(44-34-32-42(50-44)36-21-9-2-10-22-36)51(47,39-27-15-5-16-28-39)40-29-17-6-18-30-40/h1-34H. The fourth-order valence-corrected chi connectivity index (χ4v) is 16.2. The Kier molecular flexibility index (Phi) is 8.38. The molecule has 242 valence electrons. The maximum Gasteiger partial charge on any atom is 0.183 e. The van der Waals surface area contributed by atoms with Crippen LogP contribution in [0.4, 0.5) is 0 Å². The molecule has 0 radical (unpaired) electrons. The molecule has 2 aromatic heterocycles. The summed E-state index contributed by atoms with van der Waals surface area (Å²) in [6, 6.07) is 76.2. The highest BCUT2D eigenvalue weighted by Crippen LogP contribution is 2.57. The van der Waals surface area contributed by atoms with Gasteiger partial charge in [0.25, 0.3) is 0 Å². The molecule has 1 aliphatic rings. The van der Waals surface area contributed by atoms with Crippen LogP contribution < -0.4 is 10.4 Å². The average molecular weight is 703 g/mol. The second-order valence-electron chi connectivity index (χ2n) is 12.8. The van der Waals surface area contributed by atoms with Gasteiger partial charge in [0.15, 0.2) is 8.07 Å². The summed E-state index contributed by atoms with van der Waals surface area (Å²) >= 11 is 3.85. The Bertz CT molecular complexity index is 2300. The molecule has 0 N–H and O–H groups in total. The van der Waals surface area contributed by atoms with E-state index < -0.39 is 8.07 Å². The third kappa shape index (κ3) is 5.51. The van der Waals surface area contributed by atoms with E-state index in [0.29, 0.717) is 0 Å². The second kappa shape index (κ2) is 13.6. The van der Waals surface area contributed by atoms with Crippen LogP contribution in [0.5, 0.6) is 0 Å². The van der Waals surface area contributed by atoms with Crippen LogP contribution in [0.1, 0.15) is 20.9 Å². The van der Waals surface area contributed by atoms with Gasteiger partial charge in [-0.2, -0.15) is 0 Å². The van der Waals surface area contributed by atoms with Crippen LogP contribution >= 0.6 is 22.7 Å². The molecule has 0 nitrogen and oxygen atoms in total. The summed E-state index contributed by atoms with van der Waals surface area (Å²) in [7, 11) is -3.01. The van der Waals surface area contributed by atoms with Crippen molar-refractivity contribution in [1.82, 2.24) is 0 Å². The molecule has 0 saturated heterocycles. The largest absolute Gasteiger partial charge is 0.183 e. The topological polar surface area (TPSA) is 0 Å². The average Bonchev–Trinajstić information content (AvgIpc) is 3.97. The first kappa shape index (κ1) is 31.4. The summed E-state index contributed by atoms with van der Waals surface area (Å²) in [5.74, 6) is 0. The molecule has 6 aromatic carbocycles. The lowest BCUT2D eigenvalue weighted by Gasteiger charge is -2.35. The van der Waals surface area contributed by atoms with Crippen molar-refractivity contribution in [3.63, 3.8) is 0 Å². The molecule has 0 saturated carbocycles. The van der Waals surface area contributed by atoms with E-state index in [2.05, 4.69) is 206 Å². The summed E-state index contributed by atoms with van der Waals surface area (Å²) in [5.41, 5.74) is 7.68.